The molecule has 0 bridgehead atoms. The molecule has 1 aromatic rings. The summed E-state index contributed by atoms with van der Waals surface area (Å²) in [7, 11) is 2.07. The summed E-state index contributed by atoms with van der Waals surface area (Å²) in [5.74, 6) is 1.14. The summed E-state index contributed by atoms with van der Waals surface area (Å²) in [5.41, 5.74) is 0. The summed E-state index contributed by atoms with van der Waals surface area (Å²) in [5, 5.41) is 3.92. The van der Waals surface area contributed by atoms with Crippen LogP contribution in [-0.2, 0) is 4.79 Å². The smallest absolute Gasteiger partial charge is 0.230 e. The van der Waals surface area contributed by atoms with Crippen molar-refractivity contribution in [3.05, 3.63) is 11.2 Å². The van der Waals surface area contributed by atoms with E-state index in [9.17, 15) is 4.79 Å². The first-order valence-electron chi connectivity index (χ1n) is 8.69. The maximum atomic E-state index is 11.9. The van der Waals surface area contributed by atoms with Crippen molar-refractivity contribution in [3.63, 3.8) is 0 Å². The van der Waals surface area contributed by atoms with Crippen molar-refractivity contribution in [2.24, 2.45) is 0 Å². The number of hydrogen-bond donors (Lipinski definition) is 1. The fraction of sp³-hybridized carbons (Fsp3) is 0.706. The van der Waals surface area contributed by atoms with Crippen molar-refractivity contribution < 1.29 is 4.79 Å². The average molecular weight is 371 g/mol. The lowest BCUT2D eigenvalue weighted by molar-refractivity contribution is -0.119. The number of halogens is 1. The van der Waals surface area contributed by atoms with E-state index in [1.54, 1.807) is 6.07 Å². The van der Waals surface area contributed by atoms with Crippen LogP contribution in [0.3, 0.4) is 0 Å². The van der Waals surface area contributed by atoms with Gasteiger partial charge < -0.3 is 10.2 Å². The fourth-order valence-electron chi connectivity index (χ4n) is 2.83. The number of amides is 1. The van der Waals surface area contributed by atoms with Gasteiger partial charge in [0.05, 0.1) is 5.75 Å². The summed E-state index contributed by atoms with van der Waals surface area (Å²) >= 11 is 7.49. The highest BCUT2D eigenvalue weighted by molar-refractivity contribution is 7.99. The van der Waals surface area contributed by atoms with Gasteiger partial charge in [0.25, 0.3) is 0 Å². The molecule has 1 aliphatic rings. The first kappa shape index (κ1) is 19.3. The van der Waals surface area contributed by atoms with Crippen molar-refractivity contribution in [1.82, 2.24) is 15.3 Å². The molecule has 1 aliphatic carbocycles. The second kappa shape index (κ2) is 9.47. The highest BCUT2D eigenvalue weighted by atomic mass is 35.5. The van der Waals surface area contributed by atoms with E-state index in [4.69, 9.17) is 11.6 Å². The van der Waals surface area contributed by atoms with Crippen LogP contribution >= 0.6 is 23.4 Å². The molecule has 1 heterocycles. The van der Waals surface area contributed by atoms with Crippen LogP contribution in [0, 0.1) is 0 Å². The Labute approximate surface area is 154 Å². The van der Waals surface area contributed by atoms with E-state index in [0.29, 0.717) is 22.1 Å². The van der Waals surface area contributed by atoms with Crippen LogP contribution in [0.15, 0.2) is 11.2 Å². The number of carbonyl (C=O) groups is 1. The minimum Gasteiger partial charge on any atom is -0.357 e. The Morgan fingerprint density at radius 3 is 2.79 bits per heavy atom. The van der Waals surface area contributed by atoms with E-state index in [1.807, 2.05) is 13.8 Å². The van der Waals surface area contributed by atoms with Gasteiger partial charge in [-0.15, -0.1) is 0 Å². The Balaban J connectivity index is 1.98. The number of hydrogen-bond acceptors (Lipinski definition) is 5. The Bertz CT molecular complexity index is 551. The summed E-state index contributed by atoms with van der Waals surface area (Å²) in [4.78, 5) is 22.9. The predicted octanol–water partition coefficient (Wildman–Crippen LogP) is 3.91. The zero-order valence-electron chi connectivity index (χ0n) is 14.7. The van der Waals surface area contributed by atoms with Gasteiger partial charge in [-0.3, -0.25) is 4.79 Å². The molecule has 1 saturated carbocycles. The molecule has 0 spiro atoms. The zero-order valence-corrected chi connectivity index (χ0v) is 16.3. The second-order valence-electron chi connectivity index (χ2n) is 6.40. The Morgan fingerprint density at radius 2 is 2.12 bits per heavy atom. The maximum Gasteiger partial charge on any atom is 0.230 e. The van der Waals surface area contributed by atoms with Crippen molar-refractivity contribution in [1.29, 1.82) is 0 Å². The van der Waals surface area contributed by atoms with E-state index in [-0.39, 0.29) is 11.9 Å². The van der Waals surface area contributed by atoms with E-state index >= 15 is 0 Å². The molecule has 0 unspecified atom stereocenters. The first-order chi connectivity index (χ1) is 11.5. The molecule has 5 nitrogen and oxygen atoms in total. The molecule has 1 N–H and O–H groups in total. The standard InChI is InChI=1S/C17H27ClN4OS/c1-4-12(2)19-16(23)11-24-17-20-14(18)10-15(21-17)22(3)13-8-6-5-7-9-13/h10,12-13H,4-9,11H2,1-3H3,(H,19,23)/t12-/m1/s1. The summed E-state index contributed by atoms with van der Waals surface area (Å²) in [6, 6.07) is 2.50. The van der Waals surface area contributed by atoms with Gasteiger partial charge in [0, 0.05) is 25.2 Å². The molecular weight excluding hydrogens is 344 g/mol. The number of aromatic nitrogens is 2. The van der Waals surface area contributed by atoms with Gasteiger partial charge in [0.1, 0.15) is 11.0 Å². The molecule has 7 heteroatoms. The highest BCUT2D eigenvalue weighted by Gasteiger charge is 2.20. The molecular formula is C17H27ClN4OS. The van der Waals surface area contributed by atoms with Gasteiger partial charge in [0.15, 0.2) is 5.16 Å². The van der Waals surface area contributed by atoms with Gasteiger partial charge in [-0.25, -0.2) is 9.97 Å². The summed E-state index contributed by atoms with van der Waals surface area (Å²) in [6.45, 7) is 4.04. The van der Waals surface area contributed by atoms with Gasteiger partial charge >= 0.3 is 0 Å². The number of rotatable bonds is 7. The monoisotopic (exact) mass is 370 g/mol. The lowest BCUT2D eigenvalue weighted by Crippen LogP contribution is -2.34. The number of thioether (sulfide) groups is 1. The Kier molecular flexibility index (Phi) is 7.62. The SMILES string of the molecule is CC[C@@H](C)NC(=O)CSc1nc(Cl)cc(N(C)C2CCCCC2)n1. The van der Waals surface area contributed by atoms with E-state index in [0.717, 1.165) is 12.2 Å². The van der Waals surface area contributed by atoms with Crippen LogP contribution in [0.2, 0.25) is 5.15 Å². The molecule has 0 radical (unpaired) electrons. The Morgan fingerprint density at radius 1 is 1.42 bits per heavy atom. The van der Waals surface area contributed by atoms with Gasteiger partial charge in [-0.05, 0) is 26.2 Å². The van der Waals surface area contributed by atoms with Crippen LogP contribution in [0.25, 0.3) is 0 Å². The third-order valence-electron chi connectivity index (χ3n) is 4.50. The second-order valence-corrected chi connectivity index (χ2v) is 7.73. The number of carbonyl (C=O) groups excluding carboxylic acids is 1. The molecule has 1 atom stereocenters. The fourth-order valence-corrected chi connectivity index (χ4v) is 3.73. The summed E-state index contributed by atoms with van der Waals surface area (Å²) in [6.07, 6.45) is 7.16. The number of anilines is 1. The molecule has 0 aliphatic heterocycles. The Hall–Kier alpha value is -1.01. The third-order valence-corrected chi connectivity index (χ3v) is 5.54. The molecule has 24 heavy (non-hydrogen) atoms. The number of nitrogens with one attached hydrogen (secondary N) is 1. The van der Waals surface area contributed by atoms with Crippen LogP contribution in [0.4, 0.5) is 5.82 Å². The molecule has 2 rings (SSSR count). The first-order valence-corrected chi connectivity index (χ1v) is 10.1. The molecule has 1 aromatic heterocycles. The van der Waals surface area contributed by atoms with Crippen molar-refractivity contribution in [2.45, 2.75) is 69.6 Å². The minimum atomic E-state index is 0.000102. The molecule has 0 aromatic carbocycles. The average Bonchev–Trinajstić information content (AvgIpc) is 2.59. The minimum absolute atomic E-state index is 0.000102. The largest absolute Gasteiger partial charge is 0.357 e. The van der Waals surface area contributed by atoms with Crippen LogP contribution in [-0.4, -0.2) is 40.8 Å². The molecule has 134 valence electrons. The van der Waals surface area contributed by atoms with E-state index in [1.165, 1.54) is 43.9 Å². The van der Waals surface area contributed by atoms with Gasteiger partial charge in [-0.2, -0.15) is 0 Å². The normalized spacial score (nSPS) is 16.7. The zero-order chi connectivity index (χ0) is 17.5. The quantitative estimate of drug-likeness (QED) is 0.448. The van der Waals surface area contributed by atoms with E-state index < -0.39 is 0 Å². The number of nitrogens with zero attached hydrogens (tertiary/aromatic N) is 3. The van der Waals surface area contributed by atoms with Crippen LogP contribution in [0.1, 0.15) is 52.4 Å². The van der Waals surface area contributed by atoms with E-state index in [2.05, 4.69) is 27.2 Å². The van der Waals surface area contributed by atoms with Crippen molar-refractivity contribution in [2.75, 3.05) is 17.7 Å². The highest BCUT2D eigenvalue weighted by Crippen LogP contribution is 2.27. The third kappa shape index (κ3) is 5.81. The van der Waals surface area contributed by atoms with Gasteiger partial charge in [-0.1, -0.05) is 49.5 Å². The lowest BCUT2D eigenvalue weighted by atomic mass is 9.94. The predicted molar refractivity (Wildman–Crippen MR) is 101 cm³/mol. The van der Waals surface area contributed by atoms with Crippen LogP contribution in [0.5, 0.6) is 0 Å². The van der Waals surface area contributed by atoms with Crippen molar-refractivity contribution >= 4 is 35.1 Å². The molecule has 0 saturated heterocycles. The van der Waals surface area contributed by atoms with Crippen LogP contribution < -0.4 is 10.2 Å². The van der Waals surface area contributed by atoms with Crippen molar-refractivity contribution in [3.8, 4) is 0 Å². The molecule has 1 fully saturated rings. The summed E-state index contributed by atoms with van der Waals surface area (Å²) < 4.78 is 0. The van der Waals surface area contributed by atoms with Gasteiger partial charge in [0.2, 0.25) is 5.91 Å². The lowest BCUT2D eigenvalue weighted by Gasteiger charge is -2.32. The molecule has 1 amide bonds. The topological polar surface area (TPSA) is 58.1 Å². The maximum absolute atomic E-state index is 11.9.